The number of rotatable bonds is 9. The largest absolute Gasteiger partial charge is 0.462 e. The number of hydrogen-bond acceptors (Lipinski definition) is 7. The Bertz CT molecular complexity index is 901. The van der Waals surface area contributed by atoms with Crippen molar-refractivity contribution in [1.82, 2.24) is 10.2 Å². The summed E-state index contributed by atoms with van der Waals surface area (Å²) >= 11 is 1.42. The number of β-lactam (4-membered cyclic amide) rings is 1. The monoisotopic (exact) mass is 446 g/mol. The Labute approximate surface area is 185 Å². The Morgan fingerprint density at radius 1 is 1.23 bits per heavy atom. The van der Waals surface area contributed by atoms with Crippen LogP contribution < -0.4 is 5.32 Å². The molecule has 8 nitrogen and oxygen atoms in total. The molecule has 0 unspecified atom stereocenters. The third kappa shape index (κ3) is 5.28. The summed E-state index contributed by atoms with van der Waals surface area (Å²) in [6.07, 6.45) is -0.0840. The number of amides is 2. The van der Waals surface area contributed by atoms with Crippen molar-refractivity contribution in [3.05, 3.63) is 46.5 Å². The van der Waals surface area contributed by atoms with E-state index in [4.69, 9.17) is 9.47 Å². The lowest BCUT2D eigenvalue weighted by Crippen LogP contribution is -2.62. The van der Waals surface area contributed by atoms with Crippen LogP contribution in [0.3, 0.4) is 0 Å². The number of nitrogens with zero attached hydrogens (tertiary/aromatic N) is 1. The summed E-state index contributed by atoms with van der Waals surface area (Å²) in [5.41, 5.74) is 1.10. The molecule has 0 spiro atoms. The van der Waals surface area contributed by atoms with Crippen LogP contribution in [0.4, 0.5) is 0 Å². The van der Waals surface area contributed by atoms with Gasteiger partial charge in [0.1, 0.15) is 18.4 Å². The molecule has 3 rings (SSSR count). The van der Waals surface area contributed by atoms with Gasteiger partial charge < -0.3 is 19.7 Å². The molecule has 2 aliphatic heterocycles. The molecule has 1 N–H and O–H groups in total. The van der Waals surface area contributed by atoms with Gasteiger partial charge >= 0.3 is 11.9 Å². The van der Waals surface area contributed by atoms with Gasteiger partial charge in [-0.15, -0.1) is 11.8 Å². The van der Waals surface area contributed by atoms with Crippen molar-refractivity contribution < 1.29 is 28.7 Å². The van der Waals surface area contributed by atoms with Crippen LogP contribution in [-0.4, -0.2) is 53.1 Å². The van der Waals surface area contributed by atoms with Crippen LogP contribution in [0.5, 0.6) is 0 Å². The minimum absolute atomic E-state index is 0.104. The Kier molecular flexibility index (Phi) is 7.37. The van der Waals surface area contributed by atoms with Crippen molar-refractivity contribution in [2.24, 2.45) is 5.92 Å². The van der Waals surface area contributed by atoms with E-state index >= 15 is 0 Å². The Hall–Kier alpha value is -2.81. The van der Waals surface area contributed by atoms with Gasteiger partial charge in [0.2, 0.25) is 11.8 Å². The maximum Gasteiger partial charge on any atom is 0.356 e. The summed E-state index contributed by atoms with van der Waals surface area (Å²) < 4.78 is 10.7. The first kappa shape index (κ1) is 22.9. The predicted molar refractivity (Wildman–Crippen MR) is 114 cm³/mol. The van der Waals surface area contributed by atoms with E-state index in [9.17, 15) is 19.2 Å². The fraction of sp³-hybridized carbons (Fsp3) is 0.455. The first-order chi connectivity index (χ1) is 14.8. The van der Waals surface area contributed by atoms with Gasteiger partial charge in [-0.05, 0) is 12.5 Å². The van der Waals surface area contributed by atoms with Crippen molar-refractivity contribution in [1.29, 1.82) is 0 Å². The summed E-state index contributed by atoms with van der Waals surface area (Å²) in [6.45, 7) is 4.99. The van der Waals surface area contributed by atoms with Gasteiger partial charge in [-0.1, -0.05) is 30.3 Å². The van der Waals surface area contributed by atoms with E-state index in [1.807, 2.05) is 30.3 Å². The van der Waals surface area contributed by atoms with Gasteiger partial charge in [0.05, 0.1) is 12.0 Å². The lowest BCUT2D eigenvalue weighted by Gasteiger charge is -2.45. The molecular formula is C22H26N2O6S. The van der Waals surface area contributed by atoms with Crippen LogP contribution in [-0.2, 0) is 35.3 Å². The number of hydrogen-bond donors (Lipinski definition) is 1. The van der Waals surface area contributed by atoms with Crippen LogP contribution in [0.1, 0.15) is 32.8 Å². The van der Waals surface area contributed by atoms with E-state index in [-0.39, 0.29) is 30.2 Å². The standard InChI is InChI=1S/C22H26N2O6S/c1-13(30-15(3)26)19-17-11-18(31-10-9-23-14(2)25)20(24(17)21(19)27)22(28)29-12-16-7-5-4-6-8-16/h4-8,13,17,19H,9-12H2,1-3H3,(H,23,25)/t13-,17+,19-/m0/s1. The van der Waals surface area contributed by atoms with Crippen molar-refractivity contribution >= 4 is 35.5 Å². The number of fused-ring (bicyclic) bond motifs is 1. The van der Waals surface area contributed by atoms with Crippen molar-refractivity contribution in [2.75, 3.05) is 12.3 Å². The second kappa shape index (κ2) is 10.00. The lowest BCUT2D eigenvalue weighted by molar-refractivity contribution is -0.170. The molecule has 1 fully saturated rings. The number of benzene rings is 1. The molecule has 166 valence electrons. The highest BCUT2D eigenvalue weighted by atomic mass is 32.2. The van der Waals surface area contributed by atoms with Crippen LogP contribution in [0.2, 0.25) is 0 Å². The third-order valence-corrected chi connectivity index (χ3v) is 6.30. The average Bonchev–Trinajstić information content (AvgIpc) is 3.03. The number of carbonyl (C=O) groups is 4. The number of ether oxygens (including phenoxy) is 2. The van der Waals surface area contributed by atoms with Gasteiger partial charge in [0.25, 0.3) is 0 Å². The van der Waals surface area contributed by atoms with Crippen LogP contribution >= 0.6 is 11.8 Å². The number of carbonyl (C=O) groups excluding carboxylic acids is 4. The molecule has 2 heterocycles. The van der Waals surface area contributed by atoms with E-state index in [0.29, 0.717) is 18.7 Å². The molecule has 2 aliphatic rings. The summed E-state index contributed by atoms with van der Waals surface area (Å²) in [6, 6.07) is 9.06. The predicted octanol–water partition coefficient (Wildman–Crippen LogP) is 1.99. The topological polar surface area (TPSA) is 102 Å². The summed E-state index contributed by atoms with van der Waals surface area (Å²) in [5.74, 6) is -1.31. The Balaban J connectivity index is 1.72. The highest BCUT2D eigenvalue weighted by molar-refractivity contribution is 8.03. The van der Waals surface area contributed by atoms with Gasteiger partial charge in [-0.25, -0.2) is 4.79 Å². The molecule has 1 aromatic carbocycles. The summed E-state index contributed by atoms with van der Waals surface area (Å²) in [7, 11) is 0. The zero-order chi connectivity index (χ0) is 22.5. The molecule has 0 aliphatic carbocycles. The minimum Gasteiger partial charge on any atom is -0.462 e. The molecule has 2 amide bonds. The van der Waals surface area contributed by atoms with Gasteiger partial charge in [-0.3, -0.25) is 14.4 Å². The van der Waals surface area contributed by atoms with Crippen molar-refractivity contribution in [2.45, 2.75) is 45.9 Å². The second-order valence-corrected chi connectivity index (χ2v) is 8.67. The lowest BCUT2D eigenvalue weighted by atomic mass is 9.83. The van der Waals surface area contributed by atoms with E-state index in [1.165, 1.54) is 30.5 Å². The Morgan fingerprint density at radius 2 is 1.94 bits per heavy atom. The maximum atomic E-state index is 12.9. The highest BCUT2D eigenvalue weighted by Gasteiger charge is 2.58. The van der Waals surface area contributed by atoms with Crippen LogP contribution in [0, 0.1) is 5.92 Å². The minimum atomic E-state index is -0.573. The number of nitrogens with one attached hydrogen (secondary N) is 1. The van der Waals surface area contributed by atoms with Crippen molar-refractivity contribution in [3.63, 3.8) is 0 Å². The fourth-order valence-electron chi connectivity index (χ4n) is 3.86. The molecule has 0 aromatic heterocycles. The third-order valence-electron chi connectivity index (χ3n) is 5.18. The zero-order valence-electron chi connectivity index (χ0n) is 17.8. The fourth-order valence-corrected chi connectivity index (χ4v) is 4.92. The molecule has 0 saturated carbocycles. The molecule has 0 bridgehead atoms. The van der Waals surface area contributed by atoms with E-state index in [1.54, 1.807) is 6.92 Å². The molecule has 3 atom stereocenters. The van der Waals surface area contributed by atoms with E-state index in [2.05, 4.69) is 5.32 Å². The zero-order valence-corrected chi connectivity index (χ0v) is 18.6. The van der Waals surface area contributed by atoms with Crippen LogP contribution in [0.25, 0.3) is 0 Å². The molecule has 0 radical (unpaired) electrons. The number of esters is 2. The highest BCUT2D eigenvalue weighted by Crippen LogP contribution is 2.47. The molecule has 9 heteroatoms. The smallest absolute Gasteiger partial charge is 0.356 e. The average molecular weight is 447 g/mol. The SMILES string of the molecule is CC(=O)NCCSC1=C(C(=O)OCc2ccccc2)N2C(=O)[C@@H]([C@H](C)OC(C)=O)[C@H]2C1. The first-order valence-electron chi connectivity index (χ1n) is 10.1. The Morgan fingerprint density at radius 3 is 2.58 bits per heavy atom. The number of thioether (sulfide) groups is 1. The summed E-state index contributed by atoms with van der Waals surface area (Å²) in [4.78, 5) is 50.4. The van der Waals surface area contributed by atoms with Gasteiger partial charge in [0.15, 0.2) is 0 Å². The quantitative estimate of drug-likeness (QED) is 0.352. The molecule has 1 aromatic rings. The van der Waals surface area contributed by atoms with Gasteiger partial charge in [-0.2, -0.15) is 0 Å². The summed E-state index contributed by atoms with van der Waals surface area (Å²) in [5, 5.41) is 2.72. The molecule has 31 heavy (non-hydrogen) atoms. The van der Waals surface area contributed by atoms with Crippen LogP contribution in [0.15, 0.2) is 40.9 Å². The maximum absolute atomic E-state index is 12.9. The van der Waals surface area contributed by atoms with Crippen molar-refractivity contribution in [3.8, 4) is 0 Å². The molecular weight excluding hydrogens is 420 g/mol. The molecule has 1 saturated heterocycles. The van der Waals surface area contributed by atoms with E-state index < -0.39 is 24.0 Å². The second-order valence-electron chi connectivity index (χ2n) is 7.48. The normalized spacial score (nSPS) is 20.6. The first-order valence-corrected chi connectivity index (χ1v) is 11.1. The van der Waals surface area contributed by atoms with Gasteiger partial charge in [0, 0.05) is 37.5 Å². The van der Waals surface area contributed by atoms with E-state index in [0.717, 1.165) is 10.5 Å².